The number of carbonyl (C=O) groups excluding carboxylic acids is 1. The first-order valence-electron chi connectivity index (χ1n) is 8.79. The first kappa shape index (κ1) is 18.0. The van der Waals surface area contributed by atoms with E-state index in [0.29, 0.717) is 5.92 Å². The summed E-state index contributed by atoms with van der Waals surface area (Å²) in [6.45, 7) is 10.0. The topological polar surface area (TPSA) is 49.6 Å². The summed E-state index contributed by atoms with van der Waals surface area (Å²) in [5, 5.41) is 0. The monoisotopic (exact) mass is 317 g/mol. The van der Waals surface area contributed by atoms with E-state index in [-0.39, 0.29) is 11.9 Å². The zero-order chi connectivity index (χ0) is 16.8. The largest absolute Gasteiger partial charge is 0.339 e. The number of amides is 1. The number of hydrogen-bond acceptors (Lipinski definition) is 3. The molecule has 0 unspecified atom stereocenters. The zero-order valence-corrected chi connectivity index (χ0v) is 14.7. The number of piperidine rings is 1. The van der Waals surface area contributed by atoms with Crippen molar-refractivity contribution in [2.45, 2.75) is 52.2 Å². The van der Waals surface area contributed by atoms with Crippen LogP contribution in [0.15, 0.2) is 30.3 Å². The Labute approximate surface area is 140 Å². The van der Waals surface area contributed by atoms with Gasteiger partial charge in [0.1, 0.15) is 0 Å². The predicted molar refractivity (Wildman–Crippen MR) is 94.9 cm³/mol. The van der Waals surface area contributed by atoms with Gasteiger partial charge in [0, 0.05) is 19.1 Å². The first-order chi connectivity index (χ1) is 11.0. The molecule has 4 heteroatoms. The minimum Gasteiger partial charge on any atom is -0.339 e. The SMILES string of the molecule is CC(C)N(CC1CCN(Cc2ccccc2)CC1)C(=O)[C@H](C)N. The van der Waals surface area contributed by atoms with Crippen LogP contribution in [0.3, 0.4) is 0 Å². The van der Waals surface area contributed by atoms with Crippen LogP contribution >= 0.6 is 0 Å². The van der Waals surface area contributed by atoms with Crippen molar-refractivity contribution >= 4 is 5.91 Å². The van der Waals surface area contributed by atoms with Crippen LogP contribution in [0.4, 0.5) is 0 Å². The number of hydrogen-bond donors (Lipinski definition) is 1. The van der Waals surface area contributed by atoms with Gasteiger partial charge in [0.2, 0.25) is 5.91 Å². The van der Waals surface area contributed by atoms with Gasteiger partial charge < -0.3 is 10.6 Å². The second-order valence-corrected chi connectivity index (χ2v) is 7.08. The van der Waals surface area contributed by atoms with Crippen LogP contribution in [-0.2, 0) is 11.3 Å². The molecule has 1 atom stereocenters. The Kier molecular flexibility index (Phi) is 6.60. The second-order valence-electron chi connectivity index (χ2n) is 7.08. The molecule has 0 spiro atoms. The smallest absolute Gasteiger partial charge is 0.239 e. The van der Waals surface area contributed by atoms with Crippen LogP contribution in [0.5, 0.6) is 0 Å². The summed E-state index contributed by atoms with van der Waals surface area (Å²) in [6, 6.07) is 10.4. The van der Waals surface area contributed by atoms with E-state index in [4.69, 9.17) is 5.73 Å². The van der Waals surface area contributed by atoms with Crippen LogP contribution in [0.1, 0.15) is 39.2 Å². The molecule has 1 amide bonds. The number of likely N-dealkylation sites (tertiary alicyclic amines) is 1. The summed E-state index contributed by atoms with van der Waals surface area (Å²) < 4.78 is 0. The molecule has 128 valence electrons. The lowest BCUT2D eigenvalue weighted by atomic mass is 9.95. The highest BCUT2D eigenvalue weighted by Gasteiger charge is 2.26. The maximum atomic E-state index is 12.3. The average Bonchev–Trinajstić information content (AvgIpc) is 2.54. The number of benzene rings is 1. The molecule has 1 saturated heterocycles. The van der Waals surface area contributed by atoms with Crippen LogP contribution in [0.25, 0.3) is 0 Å². The van der Waals surface area contributed by atoms with Crippen molar-refractivity contribution in [3.05, 3.63) is 35.9 Å². The van der Waals surface area contributed by atoms with Gasteiger partial charge in [-0.05, 0) is 58.2 Å². The lowest BCUT2D eigenvalue weighted by Gasteiger charge is -2.37. The highest BCUT2D eigenvalue weighted by atomic mass is 16.2. The maximum Gasteiger partial charge on any atom is 0.239 e. The molecule has 0 radical (unpaired) electrons. The van der Waals surface area contributed by atoms with Crippen LogP contribution < -0.4 is 5.73 Å². The highest BCUT2D eigenvalue weighted by Crippen LogP contribution is 2.21. The summed E-state index contributed by atoms with van der Waals surface area (Å²) in [7, 11) is 0. The Morgan fingerprint density at radius 3 is 2.35 bits per heavy atom. The molecule has 1 fully saturated rings. The van der Waals surface area contributed by atoms with Gasteiger partial charge >= 0.3 is 0 Å². The third-order valence-corrected chi connectivity index (χ3v) is 4.71. The molecule has 0 aromatic heterocycles. The summed E-state index contributed by atoms with van der Waals surface area (Å²) in [5.41, 5.74) is 7.17. The van der Waals surface area contributed by atoms with E-state index in [2.05, 4.69) is 49.1 Å². The van der Waals surface area contributed by atoms with Gasteiger partial charge in [-0.1, -0.05) is 30.3 Å². The van der Waals surface area contributed by atoms with Gasteiger partial charge in [0.15, 0.2) is 0 Å². The highest BCUT2D eigenvalue weighted by molar-refractivity contribution is 5.81. The summed E-state index contributed by atoms with van der Waals surface area (Å²) in [6.07, 6.45) is 2.31. The molecular weight excluding hydrogens is 286 g/mol. The summed E-state index contributed by atoms with van der Waals surface area (Å²) in [5.74, 6) is 0.666. The van der Waals surface area contributed by atoms with Crippen molar-refractivity contribution in [2.75, 3.05) is 19.6 Å². The van der Waals surface area contributed by atoms with Crippen molar-refractivity contribution in [1.29, 1.82) is 0 Å². The van der Waals surface area contributed by atoms with E-state index >= 15 is 0 Å². The van der Waals surface area contributed by atoms with Gasteiger partial charge in [-0.3, -0.25) is 9.69 Å². The van der Waals surface area contributed by atoms with E-state index < -0.39 is 6.04 Å². The molecule has 2 N–H and O–H groups in total. The molecule has 0 saturated carbocycles. The van der Waals surface area contributed by atoms with Gasteiger partial charge in [0.25, 0.3) is 0 Å². The number of nitrogens with zero attached hydrogens (tertiary/aromatic N) is 2. The van der Waals surface area contributed by atoms with E-state index in [1.165, 1.54) is 5.56 Å². The fourth-order valence-electron chi connectivity index (χ4n) is 3.26. The molecule has 1 aromatic rings. The summed E-state index contributed by atoms with van der Waals surface area (Å²) >= 11 is 0. The minimum absolute atomic E-state index is 0.0757. The van der Waals surface area contributed by atoms with E-state index in [1.54, 1.807) is 6.92 Å². The lowest BCUT2D eigenvalue weighted by molar-refractivity contribution is -0.134. The lowest BCUT2D eigenvalue weighted by Crippen LogP contribution is -2.49. The molecule has 2 rings (SSSR count). The number of nitrogens with two attached hydrogens (primary N) is 1. The molecular formula is C19H31N3O. The Morgan fingerprint density at radius 2 is 1.83 bits per heavy atom. The Bertz CT molecular complexity index is 479. The van der Waals surface area contributed by atoms with Crippen molar-refractivity contribution in [3.8, 4) is 0 Å². The molecule has 0 aliphatic carbocycles. The normalized spacial score (nSPS) is 18.1. The van der Waals surface area contributed by atoms with Crippen LogP contribution in [0.2, 0.25) is 0 Å². The van der Waals surface area contributed by atoms with Crippen molar-refractivity contribution in [2.24, 2.45) is 11.7 Å². The Hall–Kier alpha value is -1.39. The molecule has 4 nitrogen and oxygen atoms in total. The fourth-order valence-corrected chi connectivity index (χ4v) is 3.26. The Morgan fingerprint density at radius 1 is 1.22 bits per heavy atom. The quantitative estimate of drug-likeness (QED) is 0.877. The minimum atomic E-state index is -0.407. The maximum absolute atomic E-state index is 12.3. The van der Waals surface area contributed by atoms with Gasteiger partial charge in [-0.25, -0.2) is 0 Å². The fraction of sp³-hybridized carbons (Fsp3) is 0.632. The van der Waals surface area contributed by atoms with Crippen molar-refractivity contribution in [1.82, 2.24) is 9.80 Å². The zero-order valence-electron chi connectivity index (χ0n) is 14.7. The molecule has 1 heterocycles. The van der Waals surface area contributed by atoms with E-state index in [1.807, 2.05) is 4.90 Å². The second kappa shape index (κ2) is 8.46. The average molecular weight is 317 g/mol. The van der Waals surface area contributed by atoms with Crippen LogP contribution in [0, 0.1) is 5.92 Å². The Balaban J connectivity index is 1.82. The number of carbonyl (C=O) groups is 1. The molecule has 1 aliphatic heterocycles. The van der Waals surface area contributed by atoms with Gasteiger partial charge in [-0.2, -0.15) is 0 Å². The predicted octanol–water partition coefficient (Wildman–Crippen LogP) is 2.48. The molecule has 1 aliphatic rings. The van der Waals surface area contributed by atoms with E-state index in [9.17, 15) is 4.79 Å². The standard InChI is InChI=1S/C19H31N3O/c1-15(2)22(19(23)16(3)20)14-18-9-11-21(12-10-18)13-17-7-5-4-6-8-17/h4-8,15-16,18H,9-14,20H2,1-3H3/t16-/m0/s1. The van der Waals surface area contributed by atoms with Crippen molar-refractivity contribution < 1.29 is 4.79 Å². The van der Waals surface area contributed by atoms with Gasteiger partial charge in [-0.15, -0.1) is 0 Å². The molecule has 1 aromatic carbocycles. The van der Waals surface area contributed by atoms with Crippen LogP contribution in [-0.4, -0.2) is 47.4 Å². The third-order valence-electron chi connectivity index (χ3n) is 4.71. The van der Waals surface area contributed by atoms with E-state index in [0.717, 1.165) is 39.0 Å². The first-order valence-corrected chi connectivity index (χ1v) is 8.79. The van der Waals surface area contributed by atoms with Crippen molar-refractivity contribution in [3.63, 3.8) is 0 Å². The summed E-state index contributed by atoms with van der Waals surface area (Å²) in [4.78, 5) is 16.7. The van der Waals surface area contributed by atoms with Gasteiger partial charge in [0.05, 0.1) is 6.04 Å². The number of rotatable bonds is 6. The third kappa shape index (κ3) is 5.33. The molecule has 23 heavy (non-hydrogen) atoms. The molecule has 0 bridgehead atoms.